The van der Waals surface area contributed by atoms with Crippen molar-refractivity contribution in [2.45, 2.75) is 52.0 Å². The van der Waals surface area contributed by atoms with E-state index in [0.29, 0.717) is 6.04 Å². The van der Waals surface area contributed by atoms with Gasteiger partial charge in [-0.15, -0.1) is 0 Å². The second-order valence-corrected chi connectivity index (χ2v) is 4.65. The molecule has 1 heterocycles. The van der Waals surface area contributed by atoms with Crippen molar-refractivity contribution in [1.82, 2.24) is 9.78 Å². The van der Waals surface area contributed by atoms with Crippen LogP contribution in [-0.2, 0) is 7.05 Å². The minimum Gasteiger partial charge on any atom is -0.379 e. The Labute approximate surface area is 91.9 Å². The van der Waals surface area contributed by atoms with Crippen LogP contribution in [0.4, 0.5) is 5.69 Å². The second kappa shape index (κ2) is 4.25. The summed E-state index contributed by atoms with van der Waals surface area (Å²) in [4.78, 5) is 0. The molecule has 0 atom stereocenters. The van der Waals surface area contributed by atoms with Crippen molar-refractivity contribution in [2.75, 3.05) is 5.32 Å². The Kier molecular flexibility index (Phi) is 2.98. The van der Waals surface area contributed by atoms with Crippen molar-refractivity contribution in [3.05, 3.63) is 11.4 Å². The summed E-state index contributed by atoms with van der Waals surface area (Å²) < 4.78 is 1.96. The molecule has 0 bridgehead atoms. The first-order chi connectivity index (χ1) is 7.18. The van der Waals surface area contributed by atoms with Gasteiger partial charge in [0.05, 0.1) is 17.1 Å². The fourth-order valence-corrected chi connectivity index (χ4v) is 2.43. The maximum atomic E-state index is 4.43. The van der Waals surface area contributed by atoms with E-state index in [1.165, 1.54) is 43.5 Å². The van der Waals surface area contributed by atoms with Crippen LogP contribution in [0.25, 0.3) is 0 Å². The summed E-state index contributed by atoms with van der Waals surface area (Å²) in [5.74, 6) is 0. The number of aryl methyl sites for hydroxylation is 2. The molecule has 1 aromatic rings. The van der Waals surface area contributed by atoms with Crippen molar-refractivity contribution in [1.29, 1.82) is 0 Å². The SMILES string of the molecule is Cc1nn(C)c(C)c1NC1CCCCC1. The molecule has 1 aliphatic rings. The lowest BCUT2D eigenvalue weighted by molar-refractivity contribution is 0.462. The Hall–Kier alpha value is -0.990. The van der Waals surface area contributed by atoms with Gasteiger partial charge < -0.3 is 5.32 Å². The van der Waals surface area contributed by atoms with Crippen molar-refractivity contribution < 1.29 is 0 Å². The predicted molar refractivity (Wildman–Crippen MR) is 63.2 cm³/mol. The number of rotatable bonds is 2. The highest BCUT2D eigenvalue weighted by atomic mass is 15.3. The molecule has 1 aliphatic carbocycles. The first-order valence-electron chi connectivity index (χ1n) is 5.95. The normalized spacial score (nSPS) is 18.1. The van der Waals surface area contributed by atoms with Crippen molar-refractivity contribution in [3.63, 3.8) is 0 Å². The zero-order valence-electron chi connectivity index (χ0n) is 10.0. The fraction of sp³-hybridized carbons (Fsp3) is 0.750. The summed E-state index contributed by atoms with van der Waals surface area (Å²) >= 11 is 0. The molecule has 0 aromatic carbocycles. The smallest absolute Gasteiger partial charge is 0.0827 e. The van der Waals surface area contributed by atoms with E-state index in [1.807, 2.05) is 11.7 Å². The molecule has 15 heavy (non-hydrogen) atoms. The van der Waals surface area contributed by atoms with Crippen LogP contribution in [-0.4, -0.2) is 15.8 Å². The van der Waals surface area contributed by atoms with Crippen molar-refractivity contribution in [3.8, 4) is 0 Å². The summed E-state index contributed by atoms with van der Waals surface area (Å²) in [5, 5.41) is 8.09. The molecule has 1 aromatic heterocycles. The Bertz CT molecular complexity index is 335. The molecule has 0 saturated heterocycles. The number of aromatic nitrogens is 2. The average molecular weight is 207 g/mol. The van der Waals surface area contributed by atoms with Crippen LogP contribution in [0.2, 0.25) is 0 Å². The molecule has 3 nitrogen and oxygen atoms in total. The van der Waals surface area contributed by atoms with Gasteiger partial charge in [-0.2, -0.15) is 5.10 Å². The molecule has 0 spiro atoms. The molecule has 1 saturated carbocycles. The fourth-order valence-electron chi connectivity index (χ4n) is 2.43. The van der Waals surface area contributed by atoms with Crippen LogP contribution < -0.4 is 5.32 Å². The number of nitrogens with zero attached hydrogens (tertiary/aromatic N) is 2. The number of hydrogen-bond acceptors (Lipinski definition) is 2. The minimum absolute atomic E-state index is 0.667. The topological polar surface area (TPSA) is 29.9 Å². The predicted octanol–water partition coefficient (Wildman–Crippen LogP) is 2.78. The zero-order chi connectivity index (χ0) is 10.8. The van der Waals surface area contributed by atoms with Gasteiger partial charge in [0.1, 0.15) is 0 Å². The highest BCUT2D eigenvalue weighted by Crippen LogP contribution is 2.25. The third-order valence-corrected chi connectivity index (χ3v) is 3.46. The molecule has 0 unspecified atom stereocenters. The van der Waals surface area contributed by atoms with Crippen LogP contribution in [0.15, 0.2) is 0 Å². The monoisotopic (exact) mass is 207 g/mol. The summed E-state index contributed by atoms with van der Waals surface area (Å²) in [5.41, 5.74) is 3.63. The third-order valence-electron chi connectivity index (χ3n) is 3.46. The average Bonchev–Trinajstić information content (AvgIpc) is 2.47. The molecule has 1 N–H and O–H groups in total. The van der Waals surface area contributed by atoms with Crippen LogP contribution in [0, 0.1) is 13.8 Å². The van der Waals surface area contributed by atoms with E-state index >= 15 is 0 Å². The van der Waals surface area contributed by atoms with Gasteiger partial charge in [-0.25, -0.2) is 0 Å². The number of hydrogen-bond donors (Lipinski definition) is 1. The van der Waals surface area contributed by atoms with Gasteiger partial charge in [-0.3, -0.25) is 4.68 Å². The van der Waals surface area contributed by atoms with Crippen LogP contribution in [0.1, 0.15) is 43.5 Å². The van der Waals surface area contributed by atoms with E-state index in [-0.39, 0.29) is 0 Å². The van der Waals surface area contributed by atoms with Gasteiger partial charge in [-0.05, 0) is 26.7 Å². The van der Waals surface area contributed by atoms with Gasteiger partial charge in [0.15, 0.2) is 0 Å². The maximum Gasteiger partial charge on any atom is 0.0827 e. The minimum atomic E-state index is 0.667. The zero-order valence-corrected chi connectivity index (χ0v) is 10.0. The molecular weight excluding hydrogens is 186 g/mol. The second-order valence-electron chi connectivity index (χ2n) is 4.65. The van der Waals surface area contributed by atoms with Crippen LogP contribution in [0.3, 0.4) is 0 Å². The lowest BCUT2D eigenvalue weighted by atomic mass is 9.95. The Morgan fingerprint density at radius 1 is 1.20 bits per heavy atom. The van der Waals surface area contributed by atoms with Crippen LogP contribution >= 0.6 is 0 Å². The third kappa shape index (κ3) is 2.16. The lowest BCUT2D eigenvalue weighted by Crippen LogP contribution is -2.22. The number of anilines is 1. The van der Waals surface area contributed by atoms with Gasteiger partial charge in [0.25, 0.3) is 0 Å². The first-order valence-corrected chi connectivity index (χ1v) is 5.95. The molecule has 0 aliphatic heterocycles. The Balaban J connectivity index is 2.09. The van der Waals surface area contributed by atoms with E-state index in [1.54, 1.807) is 0 Å². The first kappa shape index (κ1) is 10.5. The molecule has 1 fully saturated rings. The summed E-state index contributed by atoms with van der Waals surface area (Å²) in [6.07, 6.45) is 6.77. The molecule has 0 amide bonds. The highest BCUT2D eigenvalue weighted by molar-refractivity contribution is 5.52. The van der Waals surface area contributed by atoms with Crippen LogP contribution in [0.5, 0.6) is 0 Å². The quantitative estimate of drug-likeness (QED) is 0.808. The lowest BCUT2D eigenvalue weighted by Gasteiger charge is -2.23. The molecular formula is C12H21N3. The van der Waals surface area contributed by atoms with Crippen molar-refractivity contribution in [2.24, 2.45) is 7.05 Å². The highest BCUT2D eigenvalue weighted by Gasteiger charge is 2.16. The molecule has 3 heteroatoms. The van der Waals surface area contributed by atoms with Crippen molar-refractivity contribution >= 4 is 5.69 Å². The molecule has 2 rings (SSSR count). The summed E-state index contributed by atoms with van der Waals surface area (Å²) in [7, 11) is 2.01. The molecule has 84 valence electrons. The summed E-state index contributed by atoms with van der Waals surface area (Å²) in [6.45, 7) is 4.21. The van der Waals surface area contributed by atoms with E-state index in [2.05, 4.69) is 24.3 Å². The standard InChI is InChI=1S/C12H21N3/c1-9-12(10(2)15(3)14-9)13-11-7-5-4-6-8-11/h11,13H,4-8H2,1-3H3. The largest absolute Gasteiger partial charge is 0.379 e. The van der Waals surface area contributed by atoms with E-state index < -0.39 is 0 Å². The van der Waals surface area contributed by atoms with Gasteiger partial charge >= 0.3 is 0 Å². The maximum absolute atomic E-state index is 4.43. The van der Waals surface area contributed by atoms with Gasteiger partial charge in [0.2, 0.25) is 0 Å². The Morgan fingerprint density at radius 2 is 1.87 bits per heavy atom. The van der Waals surface area contributed by atoms with E-state index in [9.17, 15) is 0 Å². The van der Waals surface area contributed by atoms with E-state index in [4.69, 9.17) is 0 Å². The Morgan fingerprint density at radius 3 is 2.40 bits per heavy atom. The van der Waals surface area contributed by atoms with Gasteiger partial charge in [0, 0.05) is 13.1 Å². The number of nitrogens with one attached hydrogen (secondary N) is 1. The van der Waals surface area contributed by atoms with E-state index in [0.717, 1.165) is 5.69 Å². The molecule has 0 radical (unpaired) electrons. The summed E-state index contributed by atoms with van der Waals surface area (Å²) in [6, 6.07) is 0.667. The van der Waals surface area contributed by atoms with Gasteiger partial charge in [-0.1, -0.05) is 19.3 Å².